The number of methoxy groups -OCH3 is 2. The zero-order valence-corrected chi connectivity index (χ0v) is 12.9. The SMILES string of the molecule is CCCc1nnsc1C(=O)N(CC(=O)OC)CC(=O)OC. The summed E-state index contributed by atoms with van der Waals surface area (Å²) in [5, 5.41) is 3.90. The third kappa shape index (κ3) is 4.78. The lowest BCUT2D eigenvalue weighted by atomic mass is 10.2. The summed E-state index contributed by atoms with van der Waals surface area (Å²) in [5.74, 6) is -1.73. The maximum atomic E-state index is 12.4. The average molecular weight is 315 g/mol. The molecule has 9 heteroatoms. The molecule has 0 saturated carbocycles. The van der Waals surface area contributed by atoms with Crippen LogP contribution in [-0.2, 0) is 25.5 Å². The third-order valence-electron chi connectivity index (χ3n) is 2.62. The highest BCUT2D eigenvalue weighted by atomic mass is 32.1. The van der Waals surface area contributed by atoms with E-state index in [1.807, 2.05) is 6.92 Å². The van der Waals surface area contributed by atoms with Crippen molar-refractivity contribution in [2.75, 3.05) is 27.3 Å². The first-order chi connectivity index (χ1) is 10.0. The van der Waals surface area contributed by atoms with E-state index >= 15 is 0 Å². The summed E-state index contributed by atoms with van der Waals surface area (Å²) in [5.41, 5.74) is 0.562. The van der Waals surface area contributed by atoms with Gasteiger partial charge in [0.05, 0.1) is 19.9 Å². The van der Waals surface area contributed by atoms with Crippen molar-refractivity contribution in [3.05, 3.63) is 10.6 Å². The highest BCUT2D eigenvalue weighted by Crippen LogP contribution is 2.15. The molecule has 0 aliphatic heterocycles. The van der Waals surface area contributed by atoms with Gasteiger partial charge in [-0.1, -0.05) is 17.8 Å². The average Bonchev–Trinajstić information content (AvgIpc) is 2.94. The summed E-state index contributed by atoms with van der Waals surface area (Å²) in [6.07, 6.45) is 1.40. The van der Waals surface area contributed by atoms with Crippen LogP contribution in [0.4, 0.5) is 0 Å². The van der Waals surface area contributed by atoms with Crippen LogP contribution >= 0.6 is 11.5 Å². The largest absolute Gasteiger partial charge is 0.468 e. The summed E-state index contributed by atoms with van der Waals surface area (Å²) in [6.45, 7) is 1.27. The van der Waals surface area contributed by atoms with Gasteiger partial charge in [-0.05, 0) is 18.0 Å². The van der Waals surface area contributed by atoms with E-state index in [0.29, 0.717) is 17.0 Å². The summed E-state index contributed by atoms with van der Waals surface area (Å²) >= 11 is 0.939. The van der Waals surface area contributed by atoms with E-state index in [9.17, 15) is 14.4 Å². The second kappa shape index (κ2) is 8.30. The van der Waals surface area contributed by atoms with E-state index < -0.39 is 17.8 Å². The van der Waals surface area contributed by atoms with Gasteiger partial charge in [-0.15, -0.1) is 5.10 Å². The van der Waals surface area contributed by atoms with Gasteiger partial charge in [0, 0.05) is 0 Å². The Morgan fingerprint density at radius 2 is 1.71 bits per heavy atom. The second-order valence-corrected chi connectivity index (χ2v) is 4.87. The molecule has 0 aliphatic rings. The minimum Gasteiger partial charge on any atom is -0.468 e. The number of carbonyl (C=O) groups is 3. The fraction of sp³-hybridized carbons (Fsp3) is 0.583. The van der Waals surface area contributed by atoms with Gasteiger partial charge in [0.1, 0.15) is 18.0 Å². The second-order valence-electron chi connectivity index (χ2n) is 4.11. The normalized spacial score (nSPS) is 10.0. The van der Waals surface area contributed by atoms with E-state index in [2.05, 4.69) is 19.1 Å². The molecule has 0 N–H and O–H groups in total. The number of hydrogen-bond acceptors (Lipinski definition) is 8. The van der Waals surface area contributed by atoms with Crippen molar-refractivity contribution < 1.29 is 23.9 Å². The number of esters is 2. The number of hydrogen-bond donors (Lipinski definition) is 0. The molecule has 0 radical (unpaired) electrons. The smallest absolute Gasteiger partial charge is 0.325 e. The van der Waals surface area contributed by atoms with Gasteiger partial charge in [-0.25, -0.2) is 0 Å². The minimum atomic E-state index is -0.623. The molecule has 0 spiro atoms. The van der Waals surface area contributed by atoms with E-state index in [-0.39, 0.29) is 13.1 Å². The first-order valence-electron chi connectivity index (χ1n) is 6.27. The van der Waals surface area contributed by atoms with Crippen molar-refractivity contribution in [3.8, 4) is 0 Å². The topological polar surface area (TPSA) is 98.7 Å². The van der Waals surface area contributed by atoms with Gasteiger partial charge < -0.3 is 14.4 Å². The molecule has 1 aromatic heterocycles. The first kappa shape index (κ1) is 17.0. The Kier molecular flexibility index (Phi) is 6.73. The monoisotopic (exact) mass is 315 g/mol. The van der Waals surface area contributed by atoms with Gasteiger partial charge in [0.15, 0.2) is 0 Å². The lowest BCUT2D eigenvalue weighted by molar-refractivity contribution is -0.144. The summed E-state index contributed by atoms with van der Waals surface area (Å²) in [4.78, 5) is 36.6. The zero-order chi connectivity index (χ0) is 15.8. The van der Waals surface area contributed by atoms with E-state index in [0.717, 1.165) is 22.9 Å². The van der Waals surface area contributed by atoms with Crippen LogP contribution in [0.1, 0.15) is 28.7 Å². The van der Waals surface area contributed by atoms with Crippen LogP contribution < -0.4 is 0 Å². The number of aryl methyl sites for hydroxylation is 1. The Bertz CT molecular complexity index is 499. The summed E-state index contributed by atoms with van der Waals surface area (Å²) < 4.78 is 12.8. The van der Waals surface area contributed by atoms with Gasteiger partial charge in [-0.3, -0.25) is 14.4 Å². The zero-order valence-electron chi connectivity index (χ0n) is 12.1. The molecule has 116 valence electrons. The summed E-state index contributed by atoms with van der Waals surface area (Å²) in [6, 6.07) is 0. The lowest BCUT2D eigenvalue weighted by Crippen LogP contribution is -2.40. The van der Waals surface area contributed by atoms with Crippen LogP contribution in [-0.4, -0.2) is 59.6 Å². The minimum absolute atomic E-state index is 0.324. The third-order valence-corrected chi connectivity index (χ3v) is 3.38. The number of aromatic nitrogens is 2. The number of ether oxygens (including phenoxy) is 2. The lowest BCUT2D eigenvalue weighted by Gasteiger charge is -2.19. The van der Waals surface area contributed by atoms with Gasteiger partial charge >= 0.3 is 11.9 Å². The molecule has 1 rings (SSSR count). The Hall–Kier alpha value is -2.03. The molecule has 0 unspecified atom stereocenters. The Morgan fingerprint density at radius 3 is 2.19 bits per heavy atom. The highest BCUT2D eigenvalue weighted by Gasteiger charge is 2.26. The summed E-state index contributed by atoms with van der Waals surface area (Å²) in [7, 11) is 2.42. The number of carbonyl (C=O) groups excluding carboxylic acids is 3. The van der Waals surface area contributed by atoms with Crippen LogP contribution in [0.5, 0.6) is 0 Å². The number of rotatable bonds is 7. The van der Waals surface area contributed by atoms with E-state index in [1.54, 1.807) is 0 Å². The molecule has 0 aliphatic carbocycles. The van der Waals surface area contributed by atoms with E-state index in [1.165, 1.54) is 14.2 Å². The van der Waals surface area contributed by atoms with Gasteiger partial charge in [-0.2, -0.15) is 0 Å². The standard InChI is InChI=1S/C12H17N3O5S/c1-4-5-8-11(21-14-13-8)12(18)15(6-9(16)19-2)7-10(17)20-3/h4-7H2,1-3H3. The fourth-order valence-corrected chi connectivity index (χ4v) is 2.23. The van der Waals surface area contributed by atoms with Crippen molar-refractivity contribution >= 4 is 29.4 Å². The van der Waals surface area contributed by atoms with Crippen LogP contribution in [0.25, 0.3) is 0 Å². The Labute approximate surface area is 126 Å². The van der Waals surface area contributed by atoms with Crippen molar-refractivity contribution in [2.45, 2.75) is 19.8 Å². The van der Waals surface area contributed by atoms with Crippen LogP contribution in [0.15, 0.2) is 0 Å². The Balaban J connectivity index is 2.94. The van der Waals surface area contributed by atoms with Crippen molar-refractivity contribution in [1.29, 1.82) is 0 Å². The molecule has 21 heavy (non-hydrogen) atoms. The van der Waals surface area contributed by atoms with Crippen LogP contribution in [0.3, 0.4) is 0 Å². The maximum absolute atomic E-state index is 12.4. The quantitative estimate of drug-likeness (QED) is 0.666. The predicted molar refractivity (Wildman–Crippen MR) is 73.8 cm³/mol. The molecular formula is C12H17N3O5S. The first-order valence-corrected chi connectivity index (χ1v) is 7.04. The number of nitrogens with zero attached hydrogens (tertiary/aromatic N) is 3. The van der Waals surface area contributed by atoms with Gasteiger partial charge in [0.2, 0.25) is 0 Å². The van der Waals surface area contributed by atoms with Crippen LogP contribution in [0.2, 0.25) is 0 Å². The fourth-order valence-electron chi connectivity index (χ4n) is 1.56. The molecule has 0 bridgehead atoms. The maximum Gasteiger partial charge on any atom is 0.325 e. The molecule has 0 fully saturated rings. The Morgan fingerprint density at radius 1 is 1.14 bits per heavy atom. The molecular weight excluding hydrogens is 298 g/mol. The molecule has 0 saturated heterocycles. The van der Waals surface area contributed by atoms with Crippen LogP contribution in [0, 0.1) is 0 Å². The van der Waals surface area contributed by atoms with Gasteiger partial charge in [0.25, 0.3) is 5.91 Å². The van der Waals surface area contributed by atoms with Crippen molar-refractivity contribution in [1.82, 2.24) is 14.5 Å². The predicted octanol–water partition coefficient (Wildman–Crippen LogP) is 0.279. The van der Waals surface area contributed by atoms with Crippen molar-refractivity contribution in [3.63, 3.8) is 0 Å². The highest BCUT2D eigenvalue weighted by molar-refractivity contribution is 7.08. The molecule has 1 aromatic rings. The van der Waals surface area contributed by atoms with Crippen molar-refractivity contribution in [2.24, 2.45) is 0 Å². The molecule has 0 atom stereocenters. The molecule has 1 amide bonds. The molecule has 0 aromatic carbocycles. The number of amides is 1. The molecule has 8 nitrogen and oxygen atoms in total. The molecule has 1 heterocycles. The van der Waals surface area contributed by atoms with E-state index in [4.69, 9.17) is 0 Å².